The van der Waals surface area contributed by atoms with Crippen LogP contribution in [0.3, 0.4) is 0 Å². The fourth-order valence-electron chi connectivity index (χ4n) is 1.84. The van der Waals surface area contributed by atoms with Gasteiger partial charge in [0.1, 0.15) is 6.04 Å². The van der Waals surface area contributed by atoms with Crippen molar-refractivity contribution in [3.05, 3.63) is 0 Å². The van der Waals surface area contributed by atoms with E-state index in [1.807, 2.05) is 0 Å². The Hall–Kier alpha value is -0.650. The summed E-state index contributed by atoms with van der Waals surface area (Å²) >= 11 is 0. The minimum atomic E-state index is -0.768. The maximum atomic E-state index is 10.8. The van der Waals surface area contributed by atoms with Crippen LogP contribution in [-0.4, -0.2) is 73.2 Å². The van der Waals surface area contributed by atoms with Gasteiger partial charge in [-0.15, -0.1) is 0 Å². The Balaban J connectivity index is 2.31. The van der Waals surface area contributed by atoms with Crippen LogP contribution in [0, 0.1) is 0 Å². The van der Waals surface area contributed by atoms with Gasteiger partial charge >= 0.3 is 5.97 Å². The first-order chi connectivity index (χ1) is 7.17. The number of hydrogen-bond donors (Lipinski definition) is 2. The molecular weight excluding hydrogens is 194 g/mol. The summed E-state index contributed by atoms with van der Waals surface area (Å²) < 4.78 is 0. The van der Waals surface area contributed by atoms with E-state index >= 15 is 0 Å². The number of piperazine rings is 1. The Bertz CT molecular complexity index is 203. The second kappa shape index (κ2) is 6.05. The molecule has 0 saturated carbocycles. The van der Waals surface area contributed by atoms with Crippen molar-refractivity contribution in [2.75, 3.05) is 46.3 Å². The molecule has 1 heterocycles. The molecule has 5 nitrogen and oxygen atoms in total. The average molecular weight is 215 g/mol. The van der Waals surface area contributed by atoms with Gasteiger partial charge in [0, 0.05) is 32.7 Å². The topological polar surface area (TPSA) is 55.8 Å². The van der Waals surface area contributed by atoms with Gasteiger partial charge in [-0.3, -0.25) is 9.69 Å². The van der Waals surface area contributed by atoms with Crippen molar-refractivity contribution in [3.8, 4) is 0 Å². The van der Waals surface area contributed by atoms with Gasteiger partial charge in [-0.05, 0) is 13.6 Å². The Labute approximate surface area is 91.0 Å². The van der Waals surface area contributed by atoms with Gasteiger partial charge in [0.25, 0.3) is 0 Å². The van der Waals surface area contributed by atoms with Gasteiger partial charge in [0.05, 0.1) is 0 Å². The van der Waals surface area contributed by atoms with Crippen molar-refractivity contribution < 1.29 is 9.90 Å². The van der Waals surface area contributed by atoms with E-state index in [1.165, 1.54) is 0 Å². The number of nitrogens with zero attached hydrogens (tertiary/aromatic N) is 2. The molecule has 0 radical (unpaired) electrons. The summed E-state index contributed by atoms with van der Waals surface area (Å²) in [5, 5.41) is 11.7. The Morgan fingerprint density at radius 3 is 2.27 bits per heavy atom. The second-order valence-corrected chi connectivity index (χ2v) is 3.91. The van der Waals surface area contributed by atoms with Crippen LogP contribution in [0.5, 0.6) is 0 Å². The van der Waals surface area contributed by atoms with E-state index in [1.54, 1.807) is 7.05 Å². The Morgan fingerprint density at radius 1 is 1.33 bits per heavy atom. The predicted octanol–water partition coefficient (Wildman–Crippen LogP) is -0.703. The van der Waals surface area contributed by atoms with Gasteiger partial charge in [0.2, 0.25) is 0 Å². The zero-order valence-corrected chi connectivity index (χ0v) is 9.57. The molecule has 15 heavy (non-hydrogen) atoms. The van der Waals surface area contributed by atoms with Crippen molar-refractivity contribution >= 4 is 5.97 Å². The second-order valence-electron chi connectivity index (χ2n) is 3.91. The number of carboxylic acids is 1. The Morgan fingerprint density at radius 2 is 1.87 bits per heavy atom. The molecule has 88 valence electrons. The molecule has 1 saturated heterocycles. The molecule has 1 atom stereocenters. The number of carbonyl (C=O) groups is 1. The first-order valence-electron chi connectivity index (χ1n) is 5.52. The largest absolute Gasteiger partial charge is 0.480 e. The van der Waals surface area contributed by atoms with E-state index < -0.39 is 12.0 Å². The summed E-state index contributed by atoms with van der Waals surface area (Å²) in [6, 6.07) is -0.446. The van der Waals surface area contributed by atoms with Gasteiger partial charge in [-0.1, -0.05) is 6.92 Å². The fourth-order valence-corrected chi connectivity index (χ4v) is 1.84. The van der Waals surface area contributed by atoms with Crippen molar-refractivity contribution in [1.29, 1.82) is 0 Å². The third-order valence-electron chi connectivity index (χ3n) is 3.00. The van der Waals surface area contributed by atoms with E-state index in [9.17, 15) is 4.79 Å². The van der Waals surface area contributed by atoms with Gasteiger partial charge in [0.15, 0.2) is 0 Å². The number of likely N-dealkylation sites (N-methyl/N-ethyl adjacent to an activating group) is 2. The molecule has 1 rings (SSSR count). The van der Waals surface area contributed by atoms with Crippen LogP contribution in [-0.2, 0) is 4.79 Å². The maximum absolute atomic E-state index is 10.8. The molecule has 5 heteroatoms. The first kappa shape index (κ1) is 12.4. The lowest BCUT2D eigenvalue weighted by Crippen LogP contribution is -2.52. The van der Waals surface area contributed by atoms with Crippen molar-refractivity contribution in [2.24, 2.45) is 0 Å². The SMILES string of the molecule is CCN1CCN(CC(NC)C(=O)O)CC1. The van der Waals surface area contributed by atoms with E-state index in [-0.39, 0.29) is 0 Å². The lowest BCUT2D eigenvalue weighted by molar-refractivity contribution is -0.140. The number of rotatable bonds is 5. The molecule has 0 aromatic rings. The molecule has 1 aliphatic heterocycles. The summed E-state index contributed by atoms with van der Waals surface area (Å²) in [5.41, 5.74) is 0. The summed E-state index contributed by atoms with van der Waals surface area (Å²) in [6.45, 7) is 7.88. The highest BCUT2D eigenvalue weighted by Crippen LogP contribution is 2.02. The third kappa shape index (κ3) is 3.77. The lowest BCUT2D eigenvalue weighted by atomic mass is 10.2. The summed E-state index contributed by atoms with van der Waals surface area (Å²) in [6.07, 6.45) is 0. The highest BCUT2D eigenvalue weighted by molar-refractivity contribution is 5.73. The van der Waals surface area contributed by atoms with Gasteiger partial charge in [-0.25, -0.2) is 0 Å². The standard InChI is InChI=1S/C10H21N3O2/c1-3-12-4-6-13(7-5-12)8-9(11-2)10(14)15/h9,11H,3-8H2,1-2H3,(H,14,15). The predicted molar refractivity (Wildman–Crippen MR) is 59.0 cm³/mol. The molecular formula is C10H21N3O2. The van der Waals surface area contributed by atoms with Crippen LogP contribution in [0.25, 0.3) is 0 Å². The third-order valence-corrected chi connectivity index (χ3v) is 3.00. The lowest BCUT2D eigenvalue weighted by Gasteiger charge is -2.35. The summed E-state index contributed by atoms with van der Waals surface area (Å²) in [5.74, 6) is -0.768. The zero-order valence-electron chi connectivity index (χ0n) is 9.57. The maximum Gasteiger partial charge on any atom is 0.322 e. The van der Waals surface area contributed by atoms with E-state index in [2.05, 4.69) is 22.0 Å². The number of hydrogen-bond acceptors (Lipinski definition) is 4. The molecule has 0 aromatic heterocycles. The number of aliphatic carboxylic acids is 1. The quantitative estimate of drug-likeness (QED) is 0.635. The highest BCUT2D eigenvalue weighted by Gasteiger charge is 2.22. The first-order valence-corrected chi connectivity index (χ1v) is 5.52. The number of nitrogens with one attached hydrogen (secondary N) is 1. The van der Waals surface area contributed by atoms with E-state index in [0.29, 0.717) is 6.54 Å². The van der Waals surface area contributed by atoms with E-state index in [0.717, 1.165) is 32.7 Å². The van der Waals surface area contributed by atoms with Crippen LogP contribution in [0.1, 0.15) is 6.92 Å². The minimum absolute atomic E-state index is 0.446. The minimum Gasteiger partial charge on any atom is -0.480 e. The van der Waals surface area contributed by atoms with Crippen LogP contribution in [0.4, 0.5) is 0 Å². The molecule has 1 fully saturated rings. The Kier molecular flexibility index (Phi) is 5.01. The highest BCUT2D eigenvalue weighted by atomic mass is 16.4. The van der Waals surface area contributed by atoms with Crippen molar-refractivity contribution in [3.63, 3.8) is 0 Å². The summed E-state index contributed by atoms with van der Waals surface area (Å²) in [7, 11) is 1.70. The van der Waals surface area contributed by atoms with Crippen LogP contribution in [0.2, 0.25) is 0 Å². The van der Waals surface area contributed by atoms with E-state index in [4.69, 9.17) is 5.11 Å². The molecule has 0 aromatic carbocycles. The van der Waals surface area contributed by atoms with Crippen LogP contribution in [0.15, 0.2) is 0 Å². The molecule has 0 bridgehead atoms. The van der Waals surface area contributed by atoms with Gasteiger partial charge in [-0.2, -0.15) is 0 Å². The summed E-state index contributed by atoms with van der Waals surface area (Å²) in [4.78, 5) is 15.4. The molecule has 0 aliphatic carbocycles. The fraction of sp³-hybridized carbons (Fsp3) is 0.900. The number of carboxylic acid groups (broad SMARTS) is 1. The molecule has 0 amide bonds. The monoisotopic (exact) mass is 215 g/mol. The normalized spacial score (nSPS) is 21.5. The van der Waals surface area contributed by atoms with Crippen LogP contribution < -0.4 is 5.32 Å². The molecule has 1 aliphatic rings. The molecule has 2 N–H and O–H groups in total. The van der Waals surface area contributed by atoms with Crippen molar-refractivity contribution in [1.82, 2.24) is 15.1 Å². The smallest absolute Gasteiger partial charge is 0.322 e. The molecule has 1 unspecified atom stereocenters. The average Bonchev–Trinajstić information content (AvgIpc) is 2.26. The zero-order chi connectivity index (χ0) is 11.3. The van der Waals surface area contributed by atoms with Crippen LogP contribution >= 0.6 is 0 Å². The molecule has 0 spiro atoms. The van der Waals surface area contributed by atoms with Crippen molar-refractivity contribution in [2.45, 2.75) is 13.0 Å². The van der Waals surface area contributed by atoms with Gasteiger partial charge < -0.3 is 15.3 Å².